The van der Waals surface area contributed by atoms with Gasteiger partial charge >= 0.3 is 5.97 Å². The first-order chi connectivity index (χ1) is 11.1. The van der Waals surface area contributed by atoms with E-state index in [-0.39, 0.29) is 18.5 Å². The molecule has 128 valence electrons. The van der Waals surface area contributed by atoms with Crippen molar-refractivity contribution < 1.29 is 19.4 Å². The first-order valence-corrected chi connectivity index (χ1v) is 8.42. The van der Waals surface area contributed by atoms with Crippen LogP contribution in [0, 0.1) is 5.92 Å². The van der Waals surface area contributed by atoms with Gasteiger partial charge < -0.3 is 14.6 Å². The van der Waals surface area contributed by atoms with Gasteiger partial charge in [-0.3, -0.25) is 9.69 Å². The average Bonchev–Trinajstić information content (AvgIpc) is 2.54. The van der Waals surface area contributed by atoms with Crippen molar-refractivity contribution in [2.24, 2.45) is 5.92 Å². The second-order valence-corrected chi connectivity index (χ2v) is 6.15. The molecule has 1 heterocycles. The maximum absolute atomic E-state index is 11.8. The molecule has 0 unspecified atom stereocenters. The number of ether oxygens (including phenoxy) is 2. The van der Waals surface area contributed by atoms with E-state index in [1.165, 1.54) is 0 Å². The van der Waals surface area contributed by atoms with Crippen LogP contribution in [0.2, 0.25) is 5.02 Å². The predicted octanol–water partition coefficient (Wildman–Crippen LogP) is 2.35. The number of hydrogen-bond acceptors (Lipinski definition) is 5. The van der Waals surface area contributed by atoms with E-state index < -0.39 is 6.10 Å². The summed E-state index contributed by atoms with van der Waals surface area (Å²) in [6.07, 6.45) is 1.15. The molecule has 1 aromatic carbocycles. The van der Waals surface area contributed by atoms with Gasteiger partial charge in [-0.2, -0.15) is 0 Å². The van der Waals surface area contributed by atoms with E-state index in [4.69, 9.17) is 21.1 Å². The summed E-state index contributed by atoms with van der Waals surface area (Å²) in [6, 6.07) is 7.18. The van der Waals surface area contributed by atoms with Gasteiger partial charge in [0.25, 0.3) is 0 Å². The molecular formula is C17H24ClNO4. The Hall–Kier alpha value is -1.30. The fourth-order valence-corrected chi connectivity index (χ4v) is 2.96. The van der Waals surface area contributed by atoms with Crippen molar-refractivity contribution in [1.82, 2.24) is 4.90 Å². The summed E-state index contributed by atoms with van der Waals surface area (Å²) < 4.78 is 10.6. The third-order valence-electron chi connectivity index (χ3n) is 3.86. The van der Waals surface area contributed by atoms with Gasteiger partial charge in [-0.15, -0.1) is 0 Å². The Morgan fingerprint density at radius 3 is 3.00 bits per heavy atom. The van der Waals surface area contributed by atoms with Crippen LogP contribution in [0.1, 0.15) is 19.8 Å². The number of halogens is 1. The summed E-state index contributed by atoms with van der Waals surface area (Å²) in [7, 11) is 0. The van der Waals surface area contributed by atoms with E-state index >= 15 is 0 Å². The number of carbonyl (C=O) groups is 1. The molecule has 0 amide bonds. The third-order valence-corrected chi connectivity index (χ3v) is 4.17. The average molecular weight is 342 g/mol. The van der Waals surface area contributed by atoms with Crippen LogP contribution in [0.25, 0.3) is 0 Å². The van der Waals surface area contributed by atoms with Crippen molar-refractivity contribution in [3.8, 4) is 5.75 Å². The lowest BCUT2D eigenvalue weighted by molar-refractivity contribution is -0.150. The molecule has 0 saturated carbocycles. The summed E-state index contributed by atoms with van der Waals surface area (Å²) in [5.74, 6) is 0.329. The van der Waals surface area contributed by atoms with E-state index in [9.17, 15) is 9.90 Å². The highest BCUT2D eigenvalue weighted by Gasteiger charge is 2.27. The lowest BCUT2D eigenvalue weighted by atomic mass is 9.98. The Kier molecular flexibility index (Phi) is 7.15. The van der Waals surface area contributed by atoms with Gasteiger partial charge in [0.15, 0.2) is 0 Å². The minimum atomic E-state index is -0.632. The number of aliphatic hydroxyl groups is 1. The van der Waals surface area contributed by atoms with Gasteiger partial charge in [0, 0.05) is 13.1 Å². The molecule has 0 aliphatic carbocycles. The van der Waals surface area contributed by atoms with E-state index in [1.54, 1.807) is 12.1 Å². The summed E-state index contributed by atoms with van der Waals surface area (Å²) >= 11 is 6.01. The molecule has 2 rings (SSSR count). The molecule has 1 N–H and O–H groups in total. The smallest absolute Gasteiger partial charge is 0.310 e. The first-order valence-electron chi connectivity index (χ1n) is 8.04. The van der Waals surface area contributed by atoms with Crippen molar-refractivity contribution in [3.63, 3.8) is 0 Å². The van der Waals surface area contributed by atoms with Crippen LogP contribution in [-0.4, -0.2) is 54.9 Å². The molecule has 0 spiro atoms. The summed E-state index contributed by atoms with van der Waals surface area (Å²) in [4.78, 5) is 13.9. The second kappa shape index (κ2) is 9.11. The van der Waals surface area contributed by atoms with Crippen molar-refractivity contribution in [1.29, 1.82) is 0 Å². The highest BCUT2D eigenvalue weighted by atomic mass is 35.5. The largest absolute Gasteiger partial charge is 0.489 e. The van der Waals surface area contributed by atoms with Crippen molar-refractivity contribution in [2.75, 3.05) is 32.8 Å². The number of esters is 1. The number of aliphatic hydroxyl groups excluding tert-OH is 1. The number of β-amino-alcohol motifs (C(OH)–C–C–N with tert-alkyl or cyclic N) is 1. The van der Waals surface area contributed by atoms with Gasteiger partial charge in [0.2, 0.25) is 0 Å². The highest BCUT2D eigenvalue weighted by molar-refractivity contribution is 6.32. The fraction of sp³-hybridized carbons (Fsp3) is 0.588. The number of carbonyl (C=O) groups excluding carboxylic acids is 1. The number of rotatable bonds is 7. The number of benzene rings is 1. The SMILES string of the molecule is CCOC(=O)[C@H]1CCCN(C[C@@H](O)COc2ccccc2Cl)C1. The van der Waals surface area contributed by atoms with Gasteiger partial charge in [-0.25, -0.2) is 0 Å². The van der Waals surface area contributed by atoms with Crippen LogP contribution in [0.5, 0.6) is 5.75 Å². The fourth-order valence-electron chi connectivity index (χ4n) is 2.77. The molecule has 1 aliphatic heterocycles. The lowest BCUT2D eigenvalue weighted by Crippen LogP contribution is -2.44. The number of piperidine rings is 1. The van der Waals surface area contributed by atoms with Gasteiger partial charge in [-0.1, -0.05) is 23.7 Å². The van der Waals surface area contributed by atoms with Crippen LogP contribution < -0.4 is 4.74 Å². The summed E-state index contributed by atoms with van der Waals surface area (Å²) in [5, 5.41) is 10.7. The molecule has 0 radical (unpaired) electrons. The minimum absolute atomic E-state index is 0.0969. The van der Waals surface area contributed by atoms with E-state index in [2.05, 4.69) is 4.90 Å². The lowest BCUT2D eigenvalue weighted by Gasteiger charge is -2.32. The molecule has 0 bridgehead atoms. The predicted molar refractivity (Wildman–Crippen MR) is 88.8 cm³/mol. The van der Waals surface area contributed by atoms with Crippen molar-refractivity contribution in [3.05, 3.63) is 29.3 Å². The number of hydrogen-bond donors (Lipinski definition) is 1. The Balaban J connectivity index is 1.77. The maximum Gasteiger partial charge on any atom is 0.310 e. The van der Waals surface area contributed by atoms with Crippen LogP contribution in [0.3, 0.4) is 0 Å². The molecule has 1 saturated heterocycles. The normalized spacial score (nSPS) is 20.0. The second-order valence-electron chi connectivity index (χ2n) is 5.75. The van der Waals surface area contributed by atoms with Gasteiger partial charge in [-0.05, 0) is 38.4 Å². The monoisotopic (exact) mass is 341 g/mol. The zero-order chi connectivity index (χ0) is 16.7. The Bertz CT molecular complexity index is 511. The number of likely N-dealkylation sites (tertiary alicyclic amines) is 1. The van der Waals surface area contributed by atoms with Crippen LogP contribution >= 0.6 is 11.6 Å². The van der Waals surface area contributed by atoms with Crippen LogP contribution in [-0.2, 0) is 9.53 Å². The Morgan fingerprint density at radius 1 is 1.48 bits per heavy atom. The van der Waals surface area contributed by atoms with Gasteiger partial charge in [0.1, 0.15) is 18.5 Å². The Morgan fingerprint density at radius 2 is 2.26 bits per heavy atom. The molecule has 23 heavy (non-hydrogen) atoms. The standard InChI is InChI=1S/C17H24ClNO4/c1-2-22-17(21)13-6-5-9-19(10-13)11-14(20)12-23-16-8-4-3-7-15(16)18/h3-4,7-8,13-14,20H,2,5-6,9-12H2,1H3/t13-,14+/m0/s1. The third kappa shape index (κ3) is 5.68. The zero-order valence-electron chi connectivity index (χ0n) is 13.4. The van der Waals surface area contributed by atoms with Crippen molar-refractivity contribution >= 4 is 17.6 Å². The molecule has 1 fully saturated rings. The summed E-state index contributed by atoms with van der Waals surface area (Å²) in [5.41, 5.74) is 0. The Labute approximate surface area is 142 Å². The molecule has 2 atom stereocenters. The molecule has 1 aliphatic rings. The van der Waals surface area contributed by atoms with E-state index in [1.807, 2.05) is 19.1 Å². The molecule has 5 nitrogen and oxygen atoms in total. The zero-order valence-corrected chi connectivity index (χ0v) is 14.2. The summed E-state index contributed by atoms with van der Waals surface area (Å²) in [6.45, 7) is 4.36. The number of para-hydroxylation sites is 1. The van der Waals surface area contributed by atoms with Crippen molar-refractivity contribution in [2.45, 2.75) is 25.9 Å². The first kappa shape index (κ1) is 18.0. The molecule has 0 aromatic heterocycles. The maximum atomic E-state index is 11.8. The minimum Gasteiger partial charge on any atom is -0.489 e. The topological polar surface area (TPSA) is 59.0 Å². The van der Waals surface area contributed by atoms with E-state index in [0.717, 1.165) is 19.4 Å². The quantitative estimate of drug-likeness (QED) is 0.771. The molecule has 1 aromatic rings. The van der Waals surface area contributed by atoms with Crippen LogP contribution in [0.15, 0.2) is 24.3 Å². The van der Waals surface area contributed by atoms with Gasteiger partial charge in [0.05, 0.1) is 17.5 Å². The number of nitrogens with zero attached hydrogens (tertiary/aromatic N) is 1. The molecular weight excluding hydrogens is 318 g/mol. The van der Waals surface area contributed by atoms with Crippen LogP contribution in [0.4, 0.5) is 0 Å². The molecule has 6 heteroatoms. The van der Waals surface area contributed by atoms with E-state index in [0.29, 0.717) is 30.5 Å². The highest BCUT2D eigenvalue weighted by Crippen LogP contribution is 2.23.